The molecule has 0 unspecified atom stereocenters. The van der Waals surface area contributed by atoms with E-state index < -0.39 is 0 Å². The Bertz CT molecular complexity index is 539. The lowest BCUT2D eigenvalue weighted by Gasteiger charge is -2.21. The number of hydrogen-bond acceptors (Lipinski definition) is 1. The molecule has 3 heteroatoms. The summed E-state index contributed by atoms with van der Waals surface area (Å²) in [4.78, 5) is 0. The second-order valence-corrected chi connectivity index (χ2v) is 5.09. The normalized spacial score (nSPS) is 14.1. The number of hydrogen-bond donors (Lipinski definition) is 1. The van der Waals surface area contributed by atoms with Gasteiger partial charge in [0.2, 0.25) is 0 Å². The van der Waals surface area contributed by atoms with E-state index in [1.807, 2.05) is 24.3 Å². The number of nitrogens with one attached hydrogen (secondary N) is 1. The van der Waals surface area contributed by atoms with Crippen molar-refractivity contribution in [2.45, 2.75) is 25.9 Å². The molecule has 0 aliphatic rings. The Morgan fingerprint density at radius 1 is 0.947 bits per heavy atom. The molecule has 0 radical (unpaired) electrons. The quantitative estimate of drug-likeness (QED) is 0.839. The Balaban J connectivity index is 2.08. The van der Waals surface area contributed by atoms with Gasteiger partial charge in [0.05, 0.1) is 0 Å². The Morgan fingerprint density at radius 2 is 1.58 bits per heavy atom. The molecular formula is C16H17ClFN. The Labute approximate surface area is 118 Å². The summed E-state index contributed by atoms with van der Waals surface area (Å²) in [6.07, 6.45) is 0. The van der Waals surface area contributed by atoms with Gasteiger partial charge < -0.3 is 5.32 Å². The minimum atomic E-state index is -0.213. The van der Waals surface area contributed by atoms with Gasteiger partial charge in [0.25, 0.3) is 0 Å². The molecule has 0 saturated heterocycles. The second-order valence-electron chi connectivity index (χ2n) is 4.68. The zero-order valence-corrected chi connectivity index (χ0v) is 11.8. The van der Waals surface area contributed by atoms with Crippen LogP contribution in [-0.2, 0) is 0 Å². The summed E-state index contributed by atoms with van der Waals surface area (Å²) in [6.45, 7) is 4.13. The maximum Gasteiger partial charge on any atom is 0.123 e. The monoisotopic (exact) mass is 277 g/mol. The van der Waals surface area contributed by atoms with Gasteiger partial charge in [-0.25, -0.2) is 4.39 Å². The van der Waals surface area contributed by atoms with Gasteiger partial charge in [-0.15, -0.1) is 0 Å². The molecule has 0 fully saturated rings. The van der Waals surface area contributed by atoms with Crippen LogP contribution in [0.1, 0.15) is 37.1 Å². The number of rotatable bonds is 4. The van der Waals surface area contributed by atoms with Crippen molar-refractivity contribution in [1.82, 2.24) is 5.32 Å². The lowest BCUT2D eigenvalue weighted by atomic mass is 10.0. The van der Waals surface area contributed by atoms with E-state index in [2.05, 4.69) is 19.2 Å². The first-order valence-electron chi connectivity index (χ1n) is 6.34. The third kappa shape index (κ3) is 3.55. The minimum absolute atomic E-state index is 0.131. The highest BCUT2D eigenvalue weighted by atomic mass is 35.5. The molecule has 0 aliphatic heterocycles. The molecule has 100 valence electrons. The molecule has 1 nitrogen and oxygen atoms in total. The summed E-state index contributed by atoms with van der Waals surface area (Å²) in [5.41, 5.74) is 2.12. The third-order valence-corrected chi connectivity index (χ3v) is 3.59. The van der Waals surface area contributed by atoms with Crippen LogP contribution in [0.5, 0.6) is 0 Å². The average molecular weight is 278 g/mol. The van der Waals surface area contributed by atoms with Gasteiger partial charge in [-0.2, -0.15) is 0 Å². The average Bonchev–Trinajstić information content (AvgIpc) is 2.39. The smallest absolute Gasteiger partial charge is 0.123 e. The van der Waals surface area contributed by atoms with Crippen molar-refractivity contribution in [2.75, 3.05) is 0 Å². The van der Waals surface area contributed by atoms with Crippen molar-refractivity contribution in [3.05, 3.63) is 70.5 Å². The van der Waals surface area contributed by atoms with Gasteiger partial charge >= 0.3 is 0 Å². The molecular weight excluding hydrogens is 261 g/mol. The van der Waals surface area contributed by atoms with Crippen LogP contribution in [-0.4, -0.2) is 0 Å². The van der Waals surface area contributed by atoms with Gasteiger partial charge in [-0.05, 0) is 43.2 Å². The van der Waals surface area contributed by atoms with Gasteiger partial charge in [0.15, 0.2) is 0 Å². The van der Waals surface area contributed by atoms with E-state index in [9.17, 15) is 4.39 Å². The molecule has 0 saturated carbocycles. The fourth-order valence-electron chi connectivity index (χ4n) is 2.14. The zero-order chi connectivity index (χ0) is 13.8. The second kappa shape index (κ2) is 6.18. The van der Waals surface area contributed by atoms with Crippen LogP contribution < -0.4 is 5.32 Å². The first kappa shape index (κ1) is 14.0. The Hall–Kier alpha value is -1.38. The van der Waals surface area contributed by atoms with Gasteiger partial charge in [0.1, 0.15) is 5.82 Å². The standard InChI is InChI=1S/C16H17ClFN/c1-11(13-7-9-14(18)10-8-13)19-12(2)15-5-3-4-6-16(15)17/h3-12,19H,1-2H3/t11-,12+/m0/s1. The third-order valence-electron chi connectivity index (χ3n) is 3.24. The van der Waals surface area contributed by atoms with Crippen molar-refractivity contribution in [3.8, 4) is 0 Å². The molecule has 2 rings (SSSR count). The summed E-state index contributed by atoms with van der Waals surface area (Å²) in [7, 11) is 0. The Morgan fingerprint density at radius 3 is 2.21 bits per heavy atom. The van der Waals surface area contributed by atoms with Crippen molar-refractivity contribution >= 4 is 11.6 Å². The van der Waals surface area contributed by atoms with E-state index in [0.717, 1.165) is 16.1 Å². The van der Waals surface area contributed by atoms with E-state index in [0.29, 0.717) is 0 Å². The van der Waals surface area contributed by atoms with Crippen LogP contribution in [0.2, 0.25) is 5.02 Å². The van der Waals surface area contributed by atoms with Crippen molar-refractivity contribution < 1.29 is 4.39 Å². The highest BCUT2D eigenvalue weighted by molar-refractivity contribution is 6.31. The van der Waals surface area contributed by atoms with E-state index in [4.69, 9.17) is 11.6 Å². The molecule has 0 bridgehead atoms. The molecule has 0 spiro atoms. The molecule has 0 amide bonds. The molecule has 0 aromatic heterocycles. The highest BCUT2D eigenvalue weighted by Crippen LogP contribution is 2.25. The first-order chi connectivity index (χ1) is 9.08. The summed E-state index contributed by atoms with van der Waals surface area (Å²) < 4.78 is 12.9. The molecule has 19 heavy (non-hydrogen) atoms. The molecule has 1 N–H and O–H groups in total. The maximum absolute atomic E-state index is 12.9. The molecule has 2 atom stereocenters. The molecule has 2 aromatic carbocycles. The maximum atomic E-state index is 12.9. The number of benzene rings is 2. The number of halogens is 2. The van der Waals surface area contributed by atoms with Crippen molar-refractivity contribution in [1.29, 1.82) is 0 Å². The van der Waals surface area contributed by atoms with Crippen LogP contribution in [0.25, 0.3) is 0 Å². The molecule has 2 aromatic rings. The fraction of sp³-hybridized carbons (Fsp3) is 0.250. The van der Waals surface area contributed by atoms with Crippen LogP contribution in [0.3, 0.4) is 0 Å². The SMILES string of the molecule is C[C@H](N[C@H](C)c1ccccc1Cl)c1ccc(F)cc1. The lowest BCUT2D eigenvalue weighted by Crippen LogP contribution is -2.22. The van der Waals surface area contributed by atoms with Gasteiger partial charge in [-0.3, -0.25) is 0 Å². The van der Waals surface area contributed by atoms with Crippen molar-refractivity contribution in [2.24, 2.45) is 0 Å². The molecule has 0 aliphatic carbocycles. The van der Waals surface area contributed by atoms with Crippen LogP contribution in [0.4, 0.5) is 4.39 Å². The topological polar surface area (TPSA) is 12.0 Å². The zero-order valence-electron chi connectivity index (χ0n) is 11.0. The van der Waals surface area contributed by atoms with Crippen LogP contribution >= 0.6 is 11.6 Å². The van der Waals surface area contributed by atoms with Gasteiger partial charge in [-0.1, -0.05) is 41.9 Å². The van der Waals surface area contributed by atoms with Gasteiger partial charge in [0, 0.05) is 17.1 Å². The summed E-state index contributed by atoms with van der Waals surface area (Å²) in [6, 6.07) is 14.6. The summed E-state index contributed by atoms with van der Waals surface area (Å²) in [5, 5.41) is 4.22. The van der Waals surface area contributed by atoms with Crippen LogP contribution in [0, 0.1) is 5.82 Å². The summed E-state index contributed by atoms with van der Waals surface area (Å²) >= 11 is 6.18. The summed E-state index contributed by atoms with van der Waals surface area (Å²) in [5.74, 6) is -0.213. The minimum Gasteiger partial charge on any atom is -0.304 e. The highest BCUT2D eigenvalue weighted by Gasteiger charge is 2.13. The fourth-order valence-corrected chi connectivity index (χ4v) is 2.44. The van der Waals surface area contributed by atoms with E-state index in [1.54, 1.807) is 12.1 Å². The van der Waals surface area contributed by atoms with Crippen LogP contribution in [0.15, 0.2) is 48.5 Å². The predicted octanol–water partition coefficient (Wildman–Crippen LogP) is 4.89. The van der Waals surface area contributed by atoms with E-state index in [1.165, 1.54) is 12.1 Å². The largest absolute Gasteiger partial charge is 0.304 e. The Kier molecular flexibility index (Phi) is 4.56. The molecule has 0 heterocycles. The van der Waals surface area contributed by atoms with E-state index in [-0.39, 0.29) is 17.9 Å². The first-order valence-corrected chi connectivity index (χ1v) is 6.71. The van der Waals surface area contributed by atoms with Crippen molar-refractivity contribution in [3.63, 3.8) is 0 Å². The van der Waals surface area contributed by atoms with E-state index >= 15 is 0 Å². The lowest BCUT2D eigenvalue weighted by molar-refractivity contribution is 0.494. The predicted molar refractivity (Wildman–Crippen MR) is 77.8 cm³/mol.